The van der Waals surface area contributed by atoms with Gasteiger partial charge >= 0.3 is 0 Å². The van der Waals surface area contributed by atoms with Gasteiger partial charge in [-0.15, -0.1) is 11.6 Å². The summed E-state index contributed by atoms with van der Waals surface area (Å²) in [6, 6.07) is 4.26. The molecule has 0 saturated heterocycles. The molecule has 0 fully saturated rings. The predicted molar refractivity (Wildman–Crippen MR) is 80.6 cm³/mol. The molecule has 2 nitrogen and oxygen atoms in total. The monoisotopic (exact) mass is 268 g/mol. The van der Waals surface area contributed by atoms with Gasteiger partial charge in [0, 0.05) is 24.7 Å². The number of aromatic nitrogens is 1. The summed E-state index contributed by atoms with van der Waals surface area (Å²) in [5.74, 6) is 1.66. The van der Waals surface area contributed by atoms with Crippen LogP contribution in [0, 0.1) is 0 Å². The van der Waals surface area contributed by atoms with Crippen molar-refractivity contribution in [3.8, 4) is 0 Å². The van der Waals surface area contributed by atoms with E-state index in [1.807, 2.05) is 0 Å². The summed E-state index contributed by atoms with van der Waals surface area (Å²) in [5.41, 5.74) is 2.35. The molecule has 0 bridgehead atoms. The highest BCUT2D eigenvalue weighted by atomic mass is 35.5. The minimum absolute atomic E-state index is 0.567. The molecule has 0 aliphatic heterocycles. The van der Waals surface area contributed by atoms with Crippen molar-refractivity contribution in [3.63, 3.8) is 0 Å². The van der Waals surface area contributed by atoms with E-state index in [4.69, 9.17) is 16.6 Å². The Morgan fingerprint density at radius 1 is 1.17 bits per heavy atom. The van der Waals surface area contributed by atoms with Crippen LogP contribution in [0.5, 0.6) is 0 Å². The van der Waals surface area contributed by atoms with Gasteiger partial charge in [-0.25, -0.2) is 4.98 Å². The minimum Gasteiger partial charge on any atom is -0.357 e. The van der Waals surface area contributed by atoms with Gasteiger partial charge < -0.3 is 4.90 Å². The summed E-state index contributed by atoms with van der Waals surface area (Å²) in [6.07, 6.45) is 4.58. The number of hydrogen-bond donors (Lipinski definition) is 0. The number of rotatable bonds is 8. The summed E-state index contributed by atoms with van der Waals surface area (Å²) in [7, 11) is 0. The first kappa shape index (κ1) is 15.3. The topological polar surface area (TPSA) is 16.1 Å². The Hall–Kier alpha value is -0.760. The third-order valence-corrected chi connectivity index (χ3v) is 3.38. The zero-order valence-corrected chi connectivity index (χ0v) is 12.6. The van der Waals surface area contributed by atoms with Crippen LogP contribution < -0.4 is 4.90 Å². The molecule has 0 atom stereocenters. The van der Waals surface area contributed by atoms with Crippen LogP contribution in [0.3, 0.4) is 0 Å². The van der Waals surface area contributed by atoms with Crippen LogP contribution in [-0.2, 0) is 12.3 Å². The van der Waals surface area contributed by atoms with Crippen molar-refractivity contribution in [2.45, 2.75) is 52.3 Å². The fraction of sp³-hybridized carbons (Fsp3) is 0.667. The average Bonchev–Trinajstić information content (AvgIpc) is 2.39. The molecule has 0 amide bonds. The highest BCUT2D eigenvalue weighted by Gasteiger charge is 2.08. The molecule has 0 unspecified atom stereocenters. The van der Waals surface area contributed by atoms with E-state index in [-0.39, 0.29) is 0 Å². The summed E-state index contributed by atoms with van der Waals surface area (Å²) < 4.78 is 0. The second-order valence-electron chi connectivity index (χ2n) is 4.64. The second-order valence-corrected chi connectivity index (χ2v) is 4.91. The fourth-order valence-electron chi connectivity index (χ4n) is 2.04. The van der Waals surface area contributed by atoms with Crippen molar-refractivity contribution in [2.75, 3.05) is 18.0 Å². The van der Waals surface area contributed by atoms with Gasteiger partial charge in [-0.05, 0) is 37.5 Å². The lowest BCUT2D eigenvalue weighted by atomic mass is 10.1. The van der Waals surface area contributed by atoms with E-state index >= 15 is 0 Å². The van der Waals surface area contributed by atoms with E-state index in [9.17, 15) is 0 Å². The maximum absolute atomic E-state index is 5.98. The molecule has 3 heteroatoms. The zero-order chi connectivity index (χ0) is 13.4. The Labute approximate surface area is 116 Å². The van der Waals surface area contributed by atoms with Crippen LogP contribution >= 0.6 is 11.6 Å². The van der Waals surface area contributed by atoms with Crippen molar-refractivity contribution in [3.05, 3.63) is 23.4 Å². The number of alkyl halides is 1. The molecule has 0 aliphatic carbocycles. The van der Waals surface area contributed by atoms with Crippen molar-refractivity contribution < 1.29 is 0 Å². The summed E-state index contributed by atoms with van der Waals surface area (Å²) in [6.45, 7) is 8.67. The van der Waals surface area contributed by atoms with E-state index in [2.05, 4.69) is 37.8 Å². The summed E-state index contributed by atoms with van der Waals surface area (Å²) in [4.78, 5) is 7.11. The molecule has 0 saturated carbocycles. The van der Waals surface area contributed by atoms with Gasteiger partial charge in [0.05, 0.1) is 0 Å². The Morgan fingerprint density at radius 3 is 2.50 bits per heavy atom. The van der Waals surface area contributed by atoms with Crippen LogP contribution in [0.25, 0.3) is 0 Å². The fourth-order valence-corrected chi connectivity index (χ4v) is 2.19. The van der Waals surface area contributed by atoms with E-state index in [1.54, 1.807) is 0 Å². The number of aryl methyl sites for hydroxylation is 1. The quantitative estimate of drug-likeness (QED) is 0.650. The van der Waals surface area contributed by atoms with Crippen molar-refractivity contribution in [2.24, 2.45) is 0 Å². The van der Waals surface area contributed by atoms with Crippen LogP contribution in [0.2, 0.25) is 0 Å². The molecule has 18 heavy (non-hydrogen) atoms. The Kier molecular flexibility index (Phi) is 7.11. The molecular weight excluding hydrogens is 244 g/mol. The maximum atomic E-state index is 5.98. The lowest BCUT2D eigenvalue weighted by Crippen LogP contribution is -2.25. The van der Waals surface area contributed by atoms with Crippen LogP contribution in [0.1, 0.15) is 51.3 Å². The number of hydrogen-bond acceptors (Lipinski definition) is 2. The van der Waals surface area contributed by atoms with Gasteiger partial charge in [0.1, 0.15) is 5.82 Å². The molecule has 1 aromatic rings. The van der Waals surface area contributed by atoms with E-state index in [0.717, 1.165) is 31.7 Å². The average molecular weight is 269 g/mol. The number of halogens is 1. The molecule has 1 rings (SSSR count). The lowest BCUT2D eigenvalue weighted by Gasteiger charge is -2.23. The zero-order valence-electron chi connectivity index (χ0n) is 11.9. The van der Waals surface area contributed by atoms with Gasteiger partial charge in [0.15, 0.2) is 0 Å². The van der Waals surface area contributed by atoms with Crippen LogP contribution in [0.15, 0.2) is 12.1 Å². The second kappa shape index (κ2) is 8.36. The first-order valence-corrected chi connectivity index (χ1v) is 7.59. The molecule has 1 aromatic heterocycles. The van der Waals surface area contributed by atoms with Gasteiger partial charge in [0.25, 0.3) is 0 Å². The lowest BCUT2D eigenvalue weighted by molar-refractivity contribution is 0.720. The van der Waals surface area contributed by atoms with Gasteiger partial charge in [-0.3, -0.25) is 0 Å². The number of anilines is 1. The molecule has 0 radical (unpaired) electrons. The van der Waals surface area contributed by atoms with Gasteiger partial charge in [0.2, 0.25) is 0 Å². The first-order chi connectivity index (χ1) is 8.74. The van der Waals surface area contributed by atoms with E-state index in [0.29, 0.717) is 5.88 Å². The Balaban J connectivity index is 2.93. The molecule has 0 aliphatic rings. The van der Waals surface area contributed by atoms with Crippen molar-refractivity contribution in [1.82, 2.24) is 4.98 Å². The van der Waals surface area contributed by atoms with E-state index in [1.165, 1.54) is 24.1 Å². The minimum atomic E-state index is 0.567. The van der Waals surface area contributed by atoms with Crippen LogP contribution in [0.4, 0.5) is 5.82 Å². The van der Waals surface area contributed by atoms with Crippen molar-refractivity contribution in [1.29, 1.82) is 0 Å². The molecular formula is C15H25ClN2. The highest BCUT2D eigenvalue weighted by Crippen LogP contribution is 2.18. The molecule has 0 N–H and O–H groups in total. The van der Waals surface area contributed by atoms with Crippen molar-refractivity contribution >= 4 is 17.4 Å². The highest BCUT2D eigenvalue weighted by molar-refractivity contribution is 6.17. The third kappa shape index (κ3) is 4.49. The first-order valence-electron chi connectivity index (χ1n) is 7.05. The Morgan fingerprint density at radius 2 is 1.94 bits per heavy atom. The molecule has 0 aromatic carbocycles. The number of nitrogens with zero attached hydrogens (tertiary/aromatic N) is 2. The predicted octanol–water partition coefficient (Wildman–Crippen LogP) is 4.40. The SMILES string of the molecule is CCCCN(CC)c1cc(CCl)cc(CCC)n1. The smallest absolute Gasteiger partial charge is 0.129 e. The third-order valence-electron chi connectivity index (χ3n) is 3.07. The molecule has 1 heterocycles. The van der Waals surface area contributed by atoms with Crippen LogP contribution in [-0.4, -0.2) is 18.1 Å². The molecule has 0 spiro atoms. The number of pyridine rings is 1. The van der Waals surface area contributed by atoms with Gasteiger partial charge in [-0.1, -0.05) is 26.7 Å². The molecule has 102 valence electrons. The summed E-state index contributed by atoms with van der Waals surface area (Å²) >= 11 is 5.98. The van der Waals surface area contributed by atoms with Gasteiger partial charge in [-0.2, -0.15) is 0 Å². The largest absolute Gasteiger partial charge is 0.357 e. The standard InChI is InChI=1S/C15H25ClN2/c1-4-7-9-18(6-3)15-11-13(12-16)10-14(17-15)8-5-2/h10-11H,4-9,12H2,1-3H3. The van der Waals surface area contributed by atoms with E-state index < -0.39 is 0 Å². The number of unbranched alkanes of at least 4 members (excludes halogenated alkanes) is 1. The Bertz CT molecular complexity index is 352. The maximum Gasteiger partial charge on any atom is 0.129 e. The summed E-state index contributed by atoms with van der Waals surface area (Å²) in [5, 5.41) is 0. The normalized spacial score (nSPS) is 10.7.